The lowest BCUT2D eigenvalue weighted by molar-refractivity contribution is -0.136. The van der Waals surface area contributed by atoms with E-state index < -0.39 is 21.9 Å². The lowest BCUT2D eigenvalue weighted by Gasteiger charge is -2.10. The summed E-state index contributed by atoms with van der Waals surface area (Å²) in [4.78, 5) is 22.3. The van der Waals surface area contributed by atoms with E-state index in [0.717, 1.165) is 0 Å². The monoisotopic (exact) mass is 358 g/mol. The highest BCUT2D eigenvalue weighted by Gasteiger charge is 2.13. The highest BCUT2D eigenvalue weighted by Crippen LogP contribution is 2.10. The molecule has 0 aliphatic rings. The van der Waals surface area contributed by atoms with Crippen molar-refractivity contribution in [1.82, 2.24) is 4.72 Å². The van der Waals surface area contributed by atoms with E-state index in [-0.39, 0.29) is 31.4 Å². The summed E-state index contributed by atoms with van der Waals surface area (Å²) >= 11 is 0. The van der Waals surface area contributed by atoms with Crippen molar-refractivity contribution in [3.63, 3.8) is 0 Å². The molecule has 0 fully saturated rings. The molecule has 1 aromatic carbocycles. The first-order valence-electron chi connectivity index (χ1n) is 7.37. The van der Waals surface area contributed by atoms with Crippen LogP contribution in [-0.4, -0.2) is 50.4 Å². The van der Waals surface area contributed by atoms with Crippen LogP contribution in [0, 0.1) is 0 Å². The Morgan fingerprint density at radius 3 is 2.38 bits per heavy atom. The van der Waals surface area contributed by atoms with Gasteiger partial charge in [-0.1, -0.05) is 12.1 Å². The number of carboxylic acids is 1. The lowest BCUT2D eigenvalue weighted by atomic mass is 10.1. The zero-order chi connectivity index (χ0) is 18.2. The molecule has 0 aliphatic carbocycles. The largest absolute Gasteiger partial charge is 0.481 e. The van der Waals surface area contributed by atoms with Crippen LogP contribution in [0.15, 0.2) is 24.3 Å². The predicted molar refractivity (Wildman–Crippen MR) is 89.3 cm³/mol. The summed E-state index contributed by atoms with van der Waals surface area (Å²) in [6.45, 7) is 3.27. The van der Waals surface area contributed by atoms with Crippen LogP contribution in [0.4, 0.5) is 5.69 Å². The molecule has 1 amide bonds. The van der Waals surface area contributed by atoms with E-state index in [1.54, 1.807) is 38.1 Å². The van der Waals surface area contributed by atoms with Crippen molar-refractivity contribution in [3.8, 4) is 0 Å². The fourth-order valence-corrected chi connectivity index (χ4v) is 2.54. The van der Waals surface area contributed by atoms with Gasteiger partial charge in [0.15, 0.2) is 0 Å². The van der Waals surface area contributed by atoms with Crippen LogP contribution >= 0.6 is 0 Å². The Morgan fingerprint density at radius 1 is 1.21 bits per heavy atom. The molecule has 3 N–H and O–H groups in total. The summed E-state index contributed by atoms with van der Waals surface area (Å²) in [6.07, 6.45) is -0.167. The smallest absolute Gasteiger partial charge is 0.307 e. The van der Waals surface area contributed by atoms with E-state index >= 15 is 0 Å². The molecular formula is C15H22N2O6S. The van der Waals surface area contributed by atoms with Gasteiger partial charge in [0.25, 0.3) is 0 Å². The number of carbonyl (C=O) groups excluding carboxylic acids is 1. The molecule has 0 radical (unpaired) electrons. The van der Waals surface area contributed by atoms with Gasteiger partial charge in [-0.3, -0.25) is 9.59 Å². The van der Waals surface area contributed by atoms with E-state index in [1.807, 2.05) is 0 Å². The number of benzene rings is 1. The van der Waals surface area contributed by atoms with Crippen LogP contribution in [-0.2, 0) is 30.8 Å². The first-order chi connectivity index (χ1) is 11.2. The molecule has 24 heavy (non-hydrogen) atoms. The zero-order valence-electron chi connectivity index (χ0n) is 13.6. The Hall–Kier alpha value is -1.97. The number of amides is 1. The van der Waals surface area contributed by atoms with Crippen LogP contribution in [0.1, 0.15) is 19.4 Å². The minimum Gasteiger partial charge on any atom is -0.481 e. The minimum atomic E-state index is -3.59. The number of anilines is 1. The van der Waals surface area contributed by atoms with Crippen LogP contribution in [0.25, 0.3) is 0 Å². The fourth-order valence-electron chi connectivity index (χ4n) is 1.73. The second-order valence-electron chi connectivity index (χ2n) is 5.38. The van der Waals surface area contributed by atoms with E-state index in [1.165, 1.54) is 0 Å². The molecule has 0 heterocycles. The summed E-state index contributed by atoms with van der Waals surface area (Å²) in [6, 6.07) is 6.27. The van der Waals surface area contributed by atoms with Crippen molar-refractivity contribution in [1.29, 1.82) is 0 Å². The van der Waals surface area contributed by atoms with E-state index in [0.29, 0.717) is 11.3 Å². The molecule has 0 aliphatic heterocycles. The number of hydrogen-bond donors (Lipinski definition) is 3. The first kappa shape index (κ1) is 20.1. The molecular weight excluding hydrogens is 336 g/mol. The van der Waals surface area contributed by atoms with Crippen molar-refractivity contribution in [2.75, 3.05) is 24.2 Å². The van der Waals surface area contributed by atoms with Crippen molar-refractivity contribution in [3.05, 3.63) is 29.8 Å². The summed E-state index contributed by atoms with van der Waals surface area (Å²) in [5.41, 5.74) is 1.06. The molecule has 9 heteroatoms. The van der Waals surface area contributed by atoms with Crippen molar-refractivity contribution in [2.24, 2.45) is 0 Å². The van der Waals surface area contributed by atoms with Crippen LogP contribution in [0.2, 0.25) is 0 Å². The lowest BCUT2D eigenvalue weighted by Crippen LogP contribution is -2.35. The average Bonchev–Trinajstić information content (AvgIpc) is 2.46. The van der Waals surface area contributed by atoms with Gasteiger partial charge < -0.3 is 15.2 Å². The molecule has 0 aromatic heterocycles. The number of rotatable bonds is 10. The number of hydrogen-bond acceptors (Lipinski definition) is 5. The molecule has 1 rings (SSSR count). The van der Waals surface area contributed by atoms with Gasteiger partial charge >= 0.3 is 5.97 Å². The van der Waals surface area contributed by atoms with E-state index in [4.69, 9.17) is 9.84 Å². The Balaban J connectivity index is 2.41. The molecule has 1 aromatic rings. The molecule has 134 valence electrons. The Bertz CT molecular complexity index is 655. The summed E-state index contributed by atoms with van der Waals surface area (Å²) in [5, 5.41) is 11.2. The van der Waals surface area contributed by atoms with Gasteiger partial charge in [-0.05, 0) is 31.5 Å². The number of carbonyl (C=O) groups is 2. The van der Waals surface area contributed by atoms with Gasteiger partial charge in [0.1, 0.15) is 0 Å². The number of ether oxygens (including phenoxy) is 1. The SMILES string of the molecule is CC(C)OCCS(=O)(=O)NCC(=O)Nc1ccc(CC(=O)O)cc1. The number of nitrogens with one attached hydrogen (secondary N) is 2. The maximum atomic E-state index is 11.7. The zero-order valence-corrected chi connectivity index (χ0v) is 14.4. The number of sulfonamides is 1. The Kier molecular flexibility index (Phi) is 7.83. The molecule has 0 bridgehead atoms. The highest BCUT2D eigenvalue weighted by atomic mass is 32.2. The second kappa shape index (κ2) is 9.36. The standard InChI is InChI=1S/C15H22N2O6S/c1-11(2)23-7-8-24(21,22)16-10-14(18)17-13-5-3-12(4-6-13)9-15(19)20/h3-6,11,16H,7-10H2,1-2H3,(H,17,18)(H,19,20). The minimum absolute atomic E-state index is 0.0552. The average molecular weight is 358 g/mol. The second-order valence-corrected chi connectivity index (χ2v) is 7.30. The third-order valence-corrected chi connectivity index (χ3v) is 4.14. The fraction of sp³-hybridized carbons (Fsp3) is 0.467. The topological polar surface area (TPSA) is 122 Å². The molecule has 8 nitrogen and oxygen atoms in total. The molecule has 0 spiro atoms. The molecule has 0 saturated heterocycles. The molecule has 0 saturated carbocycles. The number of aliphatic carboxylic acids is 1. The van der Waals surface area contributed by atoms with Crippen molar-refractivity contribution >= 4 is 27.6 Å². The third kappa shape index (κ3) is 8.61. The third-order valence-electron chi connectivity index (χ3n) is 2.85. The van der Waals surface area contributed by atoms with Crippen LogP contribution < -0.4 is 10.0 Å². The summed E-state index contributed by atoms with van der Waals surface area (Å²) in [7, 11) is -3.59. The van der Waals surface area contributed by atoms with Crippen LogP contribution in [0.3, 0.4) is 0 Å². The van der Waals surface area contributed by atoms with Gasteiger partial charge in [-0.2, -0.15) is 0 Å². The van der Waals surface area contributed by atoms with Crippen LogP contribution in [0.5, 0.6) is 0 Å². The predicted octanol–water partition coefficient (Wildman–Crippen LogP) is 0.597. The summed E-state index contributed by atoms with van der Waals surface area (Å²) < 4.78 is 30.7. The van der Waals surface area contributed by atoms with Gasteiger partial charge in [-0.15, -0.1) is 0 Å². The summed E-state index contributed by atoms with van der Waals surface area (Å²) in [5.74, 6) is -1.68. The highest BCUT2D eigenvalue weighted by molar-refractivity contribution is 7.89. The van der Waals surface area contributed by atoms with E-state index in [2.05, 4.69) is 10.0 Å². The first-order valence-corrected chi connectivity index (χ1v) is 9.02. The van der Waals surface area contributed by atoms with Crippen molar-refractivity contribution < 1.29 is 27.9 Å². The maximum Gasteiger partial charge on any atom is 0.307 e. The van der Waals surface area contributed by atoms with Gasteiger partial charge in [-0.25, -0.2) is 13.1 Å². The quantitative estimate of drug-likeness (QED) is 0.563. The number of carboxylic acid groups (broad SMARTS) is 1. The molecule has 0 unspecified atom stereocenters. The van der Waals surface area contributed by atoms with Gasteiger partial charge in [0, 0.05) is 5.69 Å². The van der Waals surface area contributed by atoms with Gasteiger partial charge in [0.05, 0.1) is 31.4 Å². The van der Waals surface area contributed by atoms with Crippen molar-refractivity contribution in [2.45, 2.75) is 26.4 Å². The molecule has 0 atom stereocenters. The Morgan fingerprint density at radius 2 is 1.83 bits per heavy atom. The Labute approximate surface area is 141 Å². The van der Waals surface area contributed by atoms with Gasteiger partial charge in [0.2, 0.25) is 15.9 Å². The van der Waals surface area contributed by atoms with E-state index in [9.17, 15) is 18.0 Å². The normalized spacial score (nSPS) is 11.5. The maximum absolute atomic E-state index is 11.7.